The quantitative estimate of drug-likeness (QED) is 0.909. The molecule has 2 heterocycles. The molecule has 0 radical (unpaired) electrons. The van der Waals surface area contributed by atoms with Crippen molar-refractivity contribution in [3.63, 3.8) is 0 Å². The predicted molar refractivity (Wildman–Crippen MR) is 95.8 cm³/mol. The first-order valence-corrected chi connectivity index (χ1v) is 9.27. The Balaban J connectivity index is 1.58. The number of hydrogen-bond donors (Lipinski definition) is 1. The van der Waals surface area contributed by atoms with E-state index in [-0.39, 0.29) is 11.8 Å². The maximum absolute atomic E-state index is 12.6. The van der Waals surface area contributed by atoms with Crippen LogP contribution in [-0.2, 0) is 17.8 Å². The summed E-state index contributed by atoms with van der Waals surface area (Å²) in [5.41, 5.74) is 2.90. The molecule has 4 heteroatoms. The first kappa shape index (κ1) is 15.4. The van der Waals surface area contributed by atoms with E-state index in [4.69, 9.17) is 4.98 Å². The van der Waals surface area contributed by atoms with Gasteiger partial charge in [0.05, 0.1) is 11.4 Å². The van der Waals surface area contributed by atoms with Crippen molar-refractivity contribution < 1.29 is 4.79 Å². The summed E-state index contributed by atoms with van der Waals surface area (Å²) in [7, 11) is 0. The first-order valence-electron chi connectivity index (χ1n) is 9.27. The smallest absolute Gasteiger partial charge is 0.227 e. The molecule has 4 rings (SSSR count). The van der Waals surface area contributed by atoms with Crippen LogP contribution in [0.5, 0.6) is 0 Å². The number of aromatic nitrogens is 2. The van der Waals surface area contributed by atoms with E-state index >= 15 is 0 Å². The molecule has 1 fully saturated rings. The van der Waals surface area contributed by atoms with Crippen LogP contribution in [0.25, 0.3) is 11.3 Å². The van der Waals surface area contributed by atoms with Gasteiger partial charge in [0.25, 0.3) is 0 Å². The molecular formula is C20H25N3O. The summed E-state index contributed by atoms with van der Waals surface area (Å²) in [5.74, 6) is 1.51. The lowest BCUT2D eigenvalue weighted by atomic mass is 9.88. The number of para-hydroxylation sites is 1. The Morgan fingerprint density at radius 3 is 2.75 bits per heavy atom. The Kier molecular flexibility index (Phi) is 4.37. The molecular weight excluding hydrogens is 298 g/mol. The van der Waals surface area contributed by atoms with Gasteiger partial charge in [-0.05, 0) is 31.7 Å². The number of nitrogens with zero attached hydrogens (tertiary/aromatic N) is 2. The molecule has 0 atom stereocenters. The van der Waals surface area contributed by atoms with Crippen molar-refractivity contribution in [1.29, 1.82) is 0 Å². The molecule has 1 aromatic carbocycles. The fourth-order valence-corrected chi connectivity index (χ4v) is 3.96. The van der Waals surface area contributed by atoms with Gasteiger partial charge in [-0.15, -0.1) is 0 Å². The molecule has 0 saturated heterocycles. The fourth-order valence-electron chi connectivity index (χ4n) is 3.96. The summed E-state index contributed by atoms with van der Waals surface area (Å²) in [6, 6.07) is 8.05. The van der Waals surface area contributed by atoms with Gasteiger partial charge in [-0.1, -0.05) is 37.5 Å². The zero-order valence-electron chi connectivity index (χ0n) is 14.1. The number of fused-ring (bicyclic) bond motifs is 1. The number of carbonyl (C=O) groups is 1. The van der Waals surface area contributed by atoms with Crippen molar-refractivity contribution in [3.8, 4) is 11.3 Å². The van der Waals surface area contributed by atoms with Crippen LogP contribution in [-0.4, -0.2) is 15.5 Å². The highest BCUT2D eigenvalue weighted by Crippen LogP contribution is 2.31. The van der Waals surface area contributed by atoms with Crippen LogP contribution in [0.15, 0.2) is 30.5 Å². The standard InChI is InChI=1S/C20H25N3O/c24-20(15-8-2-1-3-9-15)22-17-11-5-4-10-16(17)18-14-23-13-7-6-12-19(23)21-18/h4-5,10-11,14-15H,1-3,6-9,12-13H2,(H,22,24). The highest BCUT2D eigenvalue weighted by atomic mass is 16.1. The lowest BCUT2D eigenvalue weighted by Gasteiger charge is -2.21. The Hall–Kier alpha value is -2.10. The summed E-state index contributed by atoms with van der Waals surface area (Å²) in [4.78, 5) is 17.4. The third kappa shape index (κ3) is 3.10. The molecule has 1 N–H and O–H groups in total. The molecule has 2 aliphatic rings. The third-order valence-corrected chi connectivity index (χ3v) is 5.35. The topological polar surface area (TPSA) is 46.9 Å². The van der Waals surface area contributed by atoms with Crippen molar-refractivity contribution >= 4 is 11.6 Å². The van der Waals surface area contributed by atoms with Gasteiger partial charge in [0.1, 0.15) is 5.82 Å². The zero-order chi connectivity index (χ0) is 16.4. The number of amides is 1. The fraction of sp³-hybridized carbons (Fsp3) is 0.500. The molecule has 2 aromatic rings. The maximum Gasteiger partial charge on any atom is 0.227 e. The second-order valence-electron chi connectivity index (χ2n) is 7.06. The minimum absolute atomic E-state index is 0.169. The average molecular weight is 323 g/mol. The lowest BCUT2D eigenvalue weighted by Crippen LogP contribution is -2.24. The number of nitrogens with one attached hydrogen (secondary N) is 1. The van der Waals surface area contributed by atoms with Crippen LogP contribution >= 0.6 is 0 Å². The second-order valence-corrected chi connectivity index (χ2v) is 7.06. The predicted octanol–water partition coefficient (Wildman–Crippen LogP) is 4.41. The number of benzene rings is 1. The molecule has 1 aliphatic carbocycles. The van der Waals surface area contributed by atoms with E-state index in [1.807, 2.05) is 18.2 Å². The minimum atomic E-state index is 0.169. The molecule has 0 bridgehead atoms. The van der Waals surface area contributed by atoms with E-state index in [0.717, 1.165) is 42.8 Å². The zero-order valence-corrected chi connectivity index (χ0v) is 14.1. The van der Waals surface area contributed by atoms with Gasteiger partial charge in [0, 0.05) is 30.6 Å². The number of anilines is 1. The minimum Gasteiger partial charge on any atom is -0.334 e. The van der Waals surface area contributed by atoms with Crippen LogP contribution in [0.1, 0.15) is 50.8 Å². The molecule has 24 heavy (non-hydrogen) atoms. The third-order valence-electron chi connectivity index (χ3n) is 5.35. The normalized spacial score (nSPS) is 18.2. The van der Waals surface area contributed by atoms with Crippen LogP contribution in [0.2, 0.25) is 0 Å². The maximum atomic E-state index is 12.6. The van der Waals surface area contributed by atoms with Gasteiger partial charge >= 0.3 is 0 Å². The van der Waals surface area contributed by atoms with E-state index in [2.05, 4.69) is 22.1 Å². The van der Waals surface area contributed by atoms with Crippen LogP contribution in [0.4, 0.5) is 5.69 Å². The van der Waals surface area contributed by atoms with E-state index < -0.39 is 0 Å². The monoisotopic (exact) mass is 323 g/mol. The van der Waals surface area contributed by atoms with Gasteiger partial charge < -0.3 is 9.88 Å². The first-order chi connectivity index (χ1) is 11.8. The summed E-state index contributed by atoms with van der Waals surface area (Å²) >= 11 is 0. The number of carbonyl (C=O) groups excluding carboxylic acids is 1. The Morgan fingerprint density at radius 1 is 1.08 bits per heavy atom. The summed E-state index contributed by atoms with van der Waals surface area (Å²) < 4.78 is 2.26. The second kappa shape index (κ2) is 6.80. The number of hydrogen-bond acceptors (Lipinski definition) is 2. The number of imidazole rings is 1. The lowest BCUT2D eigenvalue weighted by molar-refractivity contribution is -0.120. The van der Waals surface area contributed by atoms with Gasteiger partial charge in [-0.3, -0.25) is 4.79 Å². The molecule has 0 spiro atoms. The molecule has 1 aromatic heterocycles. The van der Waals surface area contributed by atoms with Crippen molar-refractivity contribution in [2.45, 2.75) is 57.9 Å². The van der Waals surface area contributed by atoms with Gasteiger partial charge in [-0.2, -0.15) is 0 Å². The molecule has 0 unspecified atom stereocenters. The Bertz CT molecular complexity index is 705. The number of aryl methyl sites for hydroxylation is 2. The SMILES string of the molecule is O=C(Nc1ccccc1-c1cn2c(n1)CCCC2)C1CCCCC1. The van der Waals surface area contributed by atoms with E-state index in [1.165, 1.54) is 37.9 Å². The highest BCUT2D eigenvalue weighted by molar-refractivity contribution is 5.96. The van der Waals surface area contributed by atoms with Crippen molar-refractivity contribution in [2.24, 2.45) is 5.92 Å². The van der Waals surface area contributed by atoms with Crippen molar-refractivity contribution in [2.75, 3.05) is 5.32 Å². The molecule has 1 aliphatic heterocycles. The van der Waals surface area contributed by atoms with E-state index in [1.54, 1.807) is 0 Å². The van der Waals surface area contributed by atoms with E-state index in [9.17, 15) is 4.79 Å². The largest absolute Gasteiger partial charge is 0.334 e. The Morgan fingerprint density at radius 2 is 1.92 bits per heavy atom. The molecule has 1 saturated carbocycles. The van der Waals surface area contributed by atoms with Gasteiger partial charge in [0.2, 0.25) is 5.91 Å². The van der Waals surface area contributed by atoms with Gasteiger partial charge in [-0.25, -0.2) is 4.98 Å². The Labute approximate surface area is 143 Å². The number of rotatable bonds is 3. The van der Waals surface area contributed by atoms with Crippen molar-refractivity contribution in [3.05, 3.63) is 36.3 Å². The van der Waals surface area contributed by atoms with Crippen LogP contribution < -0.4 is 5.32 Å². The summed E-state index contributed by atoms with van der Waals surface area (Å²) in [5, 5.41) is 3.17. The molecule has 4 nitrogen and oxygen atoms in total. The average Bonchev–Trinajstić information content (AvgIpc) is 3.07. The molecule has 126 valence electrons. The van der Waals surface area contributed by atoms with Gasteiger partial charge in [0.15, 0.2) is 0 Å². The summed E-state index contributed by atoms with van der Waals surface area (Å²) in [6.45, 7) is 1.05. The van der Waals surface area contributed by atoms with Crippen LogP contribution in [0.3, 0.4) is 0 Å². The van der Waals surface area contributed by atoms with Crippen LogP contribution in [0, 0.1) is 5.92 Å². The van der Waals surface area contributed by atoms with Crippen molar-refractivity contribution in [1.82, 2.24) is 9.55 Å². The highest BCUT2D eigenvalue weighted by Gasteiger charge is 2.22. The van der Waals surface area contributed by atoms with E-state index in [0.29, 0.717) is 0 Å². The summed E-state index contributed by atoms with van der Waals surface area (Å²) in [6.07, 6.45) is 11.3. The molecule has 1 amide bonds.